The number of halogens is 2. The molecule has 1 amide bonds. The number of methoxy groups -OCH3 is 1. The van der Waals surface area contributed by atoms with E-state index in [1.54, 1.807) is 25.5 Å². The Bertz CT molecular complexity index is 1320. The van der Waals surface area contributed by atoms with E-state index in [1.807, 2.05) is 44.2 Å². The van der Waals surface area contributed by atoms with E-state index in [1.165, 1.54) is 12.3 Å². The number of amides is 1. The molecule has 0 saturated heterocycles. The van der Waals surface area contributed by atoms with Gasteiger partial charge in [-0.15, -0.1) is 0 Å². The summed E-state index contributed by atoms with van der Waals surface area (Å²) in [4.78, 5) is 16.7. The van der Waals surface area contributed by atoms with E-state index in [4.69, 9.17) is 32.4 Å². The lowest BCUT2D eigenvalue weighted by Gasteiger charge is -2.13. The number of aryl methyl sites for hydroxylation is 1. The molecule has 0 aliphatic carbocycles. The largest absolute Gasteiger partial charge is 0.496 e. The minimum atomic E-state index is -0.303. The molecule has 0 spiro atoms. The lowest BCUT2D eigenvalue weighted by atomic mass is 9.96. The predicted octanol–water partition coefficient (Wildman–Crippen LogP) is 7.16. The summed E-state index contributed by atoms with van der Waals surface area (Å²) in [6.07, 6.45) is 4.72. The van der Waals surface area contributed by atoms with Gasteiger partial charge in [-0.2, -0.15) is 0 Å². The third-order valence-corrected chi connectivity index (χ3v) is 5.63. The van der Waals surface area contributed by atoms with Gasteiger partial charge in [0, 0.05) is 39.4 Å². The molecule has 2 aromatic heterocycles. The number of pyridine rings is 1. The maximum atomic E-state index is 12.6. The molecule has 0 atom stereocenters. The molecular weight excluding hydrogens is 447 g/mol. The Balaban J connectivity index is 1.75. The maximum Gasteiger partial charge on any atom is 0.249 e. The number of carbonyl (C=O) groups excluding carboxylic acids is 1. The van der Waals surface area contributed by atoms with Gasteiger partial charge in [0.1, 0.15) is 17.2 Å². The number of hydrogen-bond acceptors (Lipinski definition) is 4. The van der Waals surface area contributed by atoms with E-state index in [9.17, 15) is 4.79 Å². The lowest BCUT2D eigenvalue weighted by Crippen LogP contribution is -2.10. The van der Waals surface area contributed by atoms with Crippen molar-refractivity contribution in [2.45, 2.75) is 13.8 Å². The number of aromatic nitrogens is 1. The highest BCUT2D eigenvalue weighted by atomic mass is 35.5. The summed E-state index contributed by atoms with van der Waals surface area (Å²) >= 11 is 11.9. The van der Waals surface area contributed by atoms with Crippen LogP contribution in [-0.4, -0.2) is 18.0 Å². The van der Waals surface area contributed by atoms with Crippen LogP contribution < -0.4 is 10.1 Å². The first-order chi connectivity index (χ1) is 15.4. The Morgan fingerprint density at radius 1 is 1.12 bits per heavy atom. The summed E-state index contributed by atoms with van der Waals surface area (Å²) in [5.74, 6) is 0.768. The van der Waals surface area contributed by atoms with Gasteiger partial charge in [-0.25, -0.2) is 4.98 Å². The van der Waals surface area contributed by atoms with Crippen LogP contribution in [0.2, 0.25) is 10.0 Å². The zero-order valence-corrected chi connectivity index (χ0v) is 19.2. The number of nitrogens with one attached hydrogen (secondary N) is 1. The van der Waals surface area contributed by atoms with Crippen molar-refractivity contribution in [3.05, 3.63) is 82.2 Å². The van der Waals surface area contributed by atoms with Crippen molar-refractivity contribution in [3.63, 3.8) is 0 Å². The van der Waals surface area contributed by atoms with E-state index in [0.29, 0.717) is 21.6 Å². The number of furan rings is 1. The van der Waals surface area contributed by atoms with Crippen molar-refractivity contribution in [2.24, 2.45) is 0 Å². The van der Waals surface area contributed by atoms with E-state index in [0.717, 1.165) is 38.8 Å². The molecule has 0 radical (unpaired) electrons. The molecule has 2 aromatic carbocycles. The number of nitrogens with zero attached hydrogens (tertiary/aromatic N) is 1. The van der Waals surface area contributed by atoms with Gasteiger partial charge in [0.2, 0.25) is 5.91 Å². The van der Waals surface area contributed by atoms with Gasteiger partial charge in [0.05, 0.1) is 18.4 Å². The number of anilines is 1. The standard InChI is InChI=1S/C25H20Cl2N2O3/c1-14(10-23(30)29-22-9-8-18(27)12-28-22)19-11-20-21(16-4-6-17(26)7-5-16)13-32-25(20)15(2)24(19)31-3/h4-13H,1-3H3,(H,28,29,30)/b14-10+. The van der Waals surface area contributed by atoms with Gasteiger partial charge < -0.3 is 14.5 Å². The SMILES string of the molecule is COc1c(/C(C)=C/C(=O)Nc2ccc(Cl)cn2)cc2c(-c3ccc(Cl)cc3)coc2c1C. The quantitative estimate of drug-likeness (QED) is 0.316. The lowest BCUT2D eigenvalue weighted by molar-refractivity contribution is -0.111. The molecule has 1 N–H and O–H groups in total. The summed E-state index contributed by atoms with van der Waals surface area (Å²) in [6, 6.07) is 12.9. The van der Waals surface area contributed by atoms with Crippen LogP contribution in [0.1, 0.15) is 18.1 Å². The van der Waals surface area contributed by atoms with Gasteiger partial charge in [-0.3, -0.25) is 4.79 Å². The Kier molecular flexibility index (Phi) is 6.21. The third-order valence-electron chi connectivity index (χ3n) is 5.15. The highest BCUT2D eigenvalue weighted by Crippen LogP contribution is 2.40. The summed E-state index contributed by atoms with van der Waals surface area (Å²) in [6.45, 7) is 3.80. The zero-order chi connectivity index (χ0) is 22.8. The zero-order valence-electron chi connectivity index (χ0n) is 17.7. The average molecular weight is 467 g/mol. The first-order valence-corrected chi connectivity index (χ1v) is 10.6. The Morgan fingerprint density at radius 3 is 2.50 bits per heavy atom. The second kappa shape index (κ2) is 9.07. The third kappa shape index (κ3) is 4.35. The van der Waals surface area contributed by atoms with Crippen LogP contribution in [-0.2, 0) is 4.79 Å². The number of rotatable bonds is 5. The minimum absolute atomic E-state index is 0.303. The molecule has 0 aliphatic rings. The molecule has 0 saturated carbocycles. The molecule has 4 aromatic rings. The number of benzene rings is 2. The first kappa shape index (κ1) is 21.9. The van der Waals surface area contributed by atoms with Crippen LogP contribution in [0.3, 0.4) is 0 Å². The van der Waals surface area contributed by atoms with Gasteiger partial charge in [-0.1, -0.05) is 35.3 Å². The fraction of sp³-hybridized carbons (Fsp3) is 0.120. The smallest absolute Gasteiger partial charge is 0.249 e. The predicted molar refractivity (Wildman–Crippen MR) is 129 cm³/mol. The molecule has 0 fully saturated rings. The van der Waals surface area contributed by atoms with Crippen LogP contribution in [0.15, 0.2) is 65.4 Å². The Hall–Kier alpha value is -3.28. The second-order valence-corrected chi connectivity index (χ2v) is 8.17. The normalized spacial score (nSPS) is 11.6. The summed E-state index contributed by atoms with van der Waals surface area (Å²) < 4.78 is 11.6. The van der Waals surface area contributed by atoms with Crippen LogP contribution in [0.5, 0.6) is 5.75 Å². The highest BCUT2D eigenvalue weighted by molar-refractivity contribution is 6.30. The summed E-state index contributed by atoms with van der Waals surface area (Å²) in [5, 5.41) is 4.83. The number of hydrogen-bond donors (Lipinski definition) is 1. The molecule has 5 nitrogen and oxygen atoms in total. The van der Waals surface area contributed by atoms with Crippen molar-refractivity contribution >= 4 is 51.5 Å². The van der Waals surface area contributed by atoms with Crippen molar-refractivity contribution in [1.29, 1.82) is 0 Å². The second-order valence-electron chi connectivity index (χ2n) is 7.29. The topological polar surface area (TPSA) is 64.4 Å². The minimum Gasteiger partial charge on any atom is -0.496 e. The van der Waals surface area contributed by atoms with Gasteiger partial charge >= 0.3 is 0 Å². The van der Waals surface area contributed by atoms with Crippen molar-refractivity contribution < 1.29 is 13.9 Å². The van der Waals surface area contributed by atoms with Crippen molar-refractivity contribution in [1.82, 2.24) is 4.98 Å². The number of allylic oxidation sites excluding steroid dienone is 1. The van der Waals surface area contributed by atoms with Gasteiger partial charge in [0.25, 0.3) is 0 Å². The monoisotopic (exact) mass is 466 g/mol. The fourth-order valence-corrected chi connectivity index (χ4v) is 3.85. The molecule has 0 aliphatic heterocycles. The summed E-state index contributed by atoms with van der Waals surface area (Å²) in [7, 11) is 1.60. The number of ether oxygens (including phenoxy) is 1. The van der Waals surface area contributed by atoms with Crippen molar-refractivity contribution in [3.8, 4) is 16.9 Å². The molecule has 7 heteroatoms. The first-order valence-electron chi connectivity index (χ1n) is 9.83. The molecule has 2 heterocycles. The maximum absolute atomic E-state index is 12.6. The fourth-order valence-electron chi connectivity index (χ4n) is 3.61. The Labute approximate surface area is 195 Å². The van der Waals surface area contributed by atoms with E-state index in [2.05, 4.69) is 10.3 Å². The number of carbonyl (C=O) groups is 1. The molecular formula is C25H20Cl2N2O3. The van der Waals surface area contributed by atoms with Crippen molar-refractivity contribution in [2.75, 3.05) is 12.4 Å². The molecule has 4 rings (SSSR count). The van der Waals surface area contributed by atoms with Crippen LogP contribution >= 0.6 is 23.2 Å². The molecule has 0 unspecified atom stereocenters. The molecule has 32 heavy (non-hydrogen) atoms. The van der Waals surface area contributed by atoms with E-state index in [-0.39, 0.29) is 5.91 Å². The Morgan fingerprint density at radius 2 is 1.84 bits per heavy atom. The van der Waals surface area contributed by atoms with Gasteiger partial charge in [0.15, 0.2) is 0 Å². The van der Waals surface area contributed by atoms with E-state index >= 15 is 0 Å². The molecule has 162 valence electrons. The average Bonchev–Trinajstić information content (AvgIpc) is 3.20. The van der Waals surface area contributed by atoms with Crippen LogP contribution in [0.25, 0.3) is 27.7 Å². The molecule has 0 bridgehead atoms. The van der Waals surface area contributed by atoms with E-state index < -0.39 is 0 Å². The summed E-state index contributed by atoms with van der Waals surface area (Å²) in [5.41, 5.74) is 5.05. The van der Waals surface area contributed by atoms with Gasteiger partial charge in [-0.05, 0) is 55.3 Å². The number of fused-ring (bicyclic) bond motifs is 1. The van der Waals surface area contributed by atoms with Crippen LogP contribution in [0, 0.1) is 6.92 Å². The van der Waals surface area contributed by atoms with Crippen LogP contribution in [0.4, 0.5) is 5.82 Å². The highest BCUT2D eigenvalue weighted by Gasteiger charge is 2.19.